The number of hydrogen-bond donors (Lipinski definition) is 1. The molecular formula is C18H23N5O3. The fraction of sp³-hybridized carbons (Fsp3) is 0.500. The van der Waals surface area contributed by atoms with Gasteiger partial charge in [0.25, 0.3) is 0 Å². The molecule has 2 fully saturated rings. The summed E-state index contributed by atoms with van der Waals surface area (Å²) >= 11 is 0. The summed E-state index contributed by atoms with van der Waals surface area (Å²) in [5.41, 5.74) is 0. The number of aromatic nitrogens is 2. The van der Waals surface area contributed by atoms with Crippen LogP contribution in [0.1, 0.15) is 30.5 Å². The molecule has 2 aliphatic rings. The molecule has 0 aromatic carbocycles. The second-order valence-corrected chi connectivity index (χ2v) is 6.49. The highest BCUT2D eigenvalue weighted by atomic mass is 16.5. The largest absolute Gasteiger partial charge is 0.467 e. The zero-order valence-corrected chi connectivity index (χ0v) is 14.6. The zero-order chi connectivity index (χ0) is 17.8. The molecule has 138 valence electrons. The Morgan fingerprint density at radius 3 is 2.96 bits per heavy atom. The number of amides is 2. The Kier molecular flexibility index (Phi) is 5.01. The highest BCUT2D eigenvalue weighted by Gasteiger charge is 2.34. The number of urea groups is 1. The maximum atomic E-state index is 12.9. The first-order valence-corrected chi connectivity index (χ1v) is 9.04. The van der Waals surface area contributed by atoms with E-state index in [-0.39, 0.29) is 12.1 Å². The van der Waals surface area contributed by atoms with Crippen LogP contribution >= 0.6 is 0 Å². The number of rotatable bonds is 4. The lowest BCUT2D eigenvalue weighted by Gasteiger charge is -2.37. The van der Waals surface area contributed by atoms with Gasteiger partial charge >= 0.3 is 6.03 Å². The topological polar surface area (TPSA) is 83.7 Å². The minimum Gasteiger partial charge on any atom is -0.467 e. The van der Waals surface area contributed by atoms with Crippen LogP contribution in [-0.2, 0) is 11.3 Å². The summed E-state index contributed by atoms with van der Waals surface area (Å²) in [5, 5.41) is 3.23. The average molecular weight is 357 g/mol. The minimum absolute atomic E-state index is 0.0633. The van der Waals surface area contributed by atoms with Crippen molar-refractivity contribution in [3.05, 3.63) is 42.2 Å². The van der Waals surface area contributed by atoms with E-state index in [9.17, 15) is 4.79 Å². The number of nitrogens with zero attached hydrogens (tertiary/aromatic N) is 4. The maximum Gasteiger partial charge on any atom is 0.320 e. The van der Waals surface area contributed by atoms with Gasteiger partial charge in [-0.3, -0.25) is 0 Å². The van der Waals surface area contributed by atoms with Gasteiger partial charge < -0.3 is 24.3 Å². The Morgan fingerprint density at radius 1 is 1.27 bits per heavy atom. The highest BCUT2D eigenvalue weighted by Crippen LogP contribution is 2.25. The molecule has 0 bridgehead atoms. The number of carbonyl (C=O) groups excluding carboxylic acids is 1. The molecule has 0 saturated carbocycles. The number of morpholine rings is 1. The quantitative estimate of drug-likeness (QED) is 0.904. The zero-order valence-electron chi connectivity index (χ0n) is 14.6. The second kappa shape index (κ2) is 7.74. The van der Waals surface area contributed by atoms with Crippen LogP contribution in [-0.4, -0.2) is 58.6 Å². The van der Waals surface area contributed by atoms with E-state index < -0.39 is 0 Å². The smallest absolute Gasteiger partial charge is 0.320 e. The van der Waals surface area contributed by atoms with Crippen molar-refractivity contribution in [2.45, 2.75) is 25.4 Å². The van der Waals surface area contributed by atoms with Crippen molar-refractivity contribution in [3.8, 4) is 0 Å². The monoisotopic (exact) mass is 357 g/mol. The molecule has 2 amide bonds. The van der Waals surface area contributed by atoms with Crippen LogP contribution in [0.3, 0.4) is 0 Å². The first-order chi connectivity index (χ1) is 12.8. The van der Waals surface area contributed by atoms with Crippen LogP contribution < -0.4 is 5.32 Å². The van der Waals surface area contributed by atoms with Gasteiger partial charge in [0.1, 0.15) is 17.6 Å². The number of nitrogens with one attached hydrogen (secondary N) is 1. The van der Waals surface area contributed by atoms with Gasteiger partial charge in [-0.05, 0) is 31.0 Å². The number of likely N-dealkylation sites (tertiary alicyclic amines) is 1. The molecule has 2 saturated heterocycles. The van der Waals surface area contributed by atoms with Crippen molar-refractivity contribution in [3.63, 3.8) is 0 Å². The third-order valence-corrected chi connectivity index (χ3v) is 4.75. The van der Waals surface area contributed by atoms with E-state index >= 15 is 0 Å². The molecule has 26 heavy (non-hydrogen) atoms. The van der Waals surface area contributed by atoms with Crippen molar-refractivity contribution in [2.75, 3.05) is 38.2 Å². The van der Waals surface area contributed by atoms with Crippen LogP contribution in [0.15, 0.2) is 35.1 Å². The predicted molar refractivity (Wildman–Crippen MR) is 94.5 cm³/mol. The van der Waals surface area contributed by atoms with Gasteiger partial charge in [0.2, 0.25) is 0 Å². The fourth-order valence-corrected chi connectivity index (χ4v) is 3.36. The first kappa shape index (κ1) is 16.8. The molecule has 1 N–H and O–H groups in total. The van der Waals surface area contributed by atoms with Crippen molar-refractivity contribution in [2.24, 2.45) is 0 Å². The first-order valence-electron chi connectivity index (χ1n) is 9.04. The van der Waals surface area contributed by atoms with Gasteiger partial charge in [0.05, 0.1) is 26.0 Å². The van der Waals surface area contributed by atoms with Crippen LogP contribution in [0.2, 0.25) is 0 Å². The normalized spacial score (nSPS) is 20.4. The SMILES string of the molecule is O=C(N1CCCC1)N1CCOC[C@@H]1c1nccc(NCc2ccco2)n1. The molecule has 0 aliphatic carbocycles. The van der Waals surface area contributed by atoms with Gasteiger partial charge in [0.15, 0.2) is 5.82 Å². The van der Waals surface area contributed by atoms with Crippen LogP contribution in [0.4, 0.5) is 10.6 Å². The van der Waals surface area contributed by atoms with Crippen molar-refractivity contribution < 1.29 is 13.9 Å². The summed E-state index contributed by atoms with van der Waals surface area (Å²) in [6.07, 6.45) is 5.50. The molecule has 0 radical (unpaired) electrons. The predicted octanol–water partition coefficient (Wildman–Crippen LogP) is 2.27. The lowest BCUT2D eigenvalue weighted by atomic mass is 10.2. The van der Waals surface area contributed by atoms with E-state index in [0.29, 0.717) is 37.9 Å². The van der Waals surface area contributed by atoms with E-state index in [0.717, 1.165) is 31.7 Å². The summed E-state index contributed by atoms with van der Waals surface area (Å²) in [4.78, 5) is 25.6. The standard InChI is InChI=1S/C18H23N5O3/c24-18(22-7-1-2-8-22)23-9-11-25-13-15(23)17-19-6-5-16(21-17)20-12-14-4-3-10-26-14/h3-6,10,15H,1-2,7-9,11-13H2,(H,19,20,21)/t15-/m1/s1. The molecule has 8 nitrogen and oxygen atoms in total. The van der Waals surface area contributed by atoms with Gasteiger partial charge in [-0.25, -0.2) is 14.8 Å². The summed E-state index contributed by atoms with van der Waals surface area (Å²) in [7, 11) is 0. The maximum absolute atomic E-state index is 12.9. The molecule has 8 heteroatoms. The molecule has 4 rings (SSSR count). The number of anilines is 1. The van der Waals surface area contributed by atoms with E-state index in [4.69, 9.17) is 9.15 Å². The van der Waals surface area contributed by atoms with E-state index in [1.165, 1.54) is 0 Å². The van der Waals surface area contributed by atoms with Gasteiger partial charge in [-0.15, -0.1) is 0 Å². The van der Waals surface area contributed by atoms with Gasteiger partial charge in [0, 0.05) is 25.8 Å². The second-order valence-electron chi connectivity index (χ2n) is 6.49. The fourth-order valence-electron chi connectivity index (χ4n) is 3.36. The lowest BCUT2D eigenvalue weighted by molar-refractivity contribution is 0.00163. The number of ether oxygens (including phenoxy) is 1. The Labute approximate surface area is 152 Å². The van der Waals surface area contributed by atoms with Gasteiger partial charge in [-0.1, -0.05) is 0 Å². The van der Waals surface area contributed by atoms with Crippen LogP contribution in [0.5, 0.6) is 0 Å². The summed E-state index contributed by atoms with van der Waals surface area (Å²) in [6, 6.07) is 5.36. The molecule has 4 heterocycles. The van der Waals surface area contributed by atoms with E-state index in [2.05, 4.69) is 15.3 Å². The van der Waals surface area contributed by atoms with Crippen LogP contribution in [0, 0.1) is 0 Å². The van der Waals surface area contributed by atoms with Crippen molar-refractivity contribution in [1.29, 1.82) is 0 Å². The molecular weight excluding hydrogens is 334 g/mol. The third kappa shape index (κ3) is 3.65. The highest BCUT2D eigenvalue weighted by molar-refractivity contribution is 5.75. The van der Waals surface area contributed by atoms with Crippen LogP contribution in [0.25, 0.3) is 0 Å². The Bertz CT molecular complexity index is 730. The minimum atomic E-state index is -0.262. The molecule has 0 spiro atoms. The Hall–Kier alpha value is -2.61. The molecule has 0 unspecified atom stereocenters. The number of hydrogen-bond acceptors (Lipinski definition) is 6. The lowest BCUT2D eigenvalue weighted by Crippen LogP contribution is -2.49. The Morgan fingerprint density at radius 2 is 2.15 bits per heavy atom. The average Bonchev–Trinajstić information content (AvgIpc) is 3.40. The van der Waals surface area contributed by atoms with Crippen molar-refractivity contribution in [1.82, 2.24) is 19.8 Å². The third-order valence-electron chi connectivity index (χ3n) is 4.75. The Balaban J connectivity index is 1.48. The van der Waals surface area contributed by atoms with E-state index in [1.54, 1.807) is 12.5 Å². The number of carbonyl (C=O) groups is 1. The summed E-state index contributed by atoms with van der Waals surface area (Å²) in [6.45, 7) is 3.73. The molecule has 2 aromatic rings. The number of furan rings is 1. The molecule has 2 aromatic heterocycles. The molecule has 2 aliphatic heterocycles. The summed E-state index contributed by atoms with van der Waals surface area (Å²) in [5.74, 6) is 2.13. The summed E-state index contributed by atoms with van der Waals surface area (Å²) < 4.78 is 10.9. The van der Waals surface area contributed by atoms with Gasteiger partial charge in [-0.2, -0.15) is 0 Å². The van der Waals surface area contributed by atoms with E-state index in [1.807, 2.05) is 28.0 Å². The molecule has 1 atom stereocenters. The van der Waals surface area contributed by atoms with Crippen molar-refractivity contribution >= 4 is 11.8 Å².